The standard InChI is InChI=1S/C11H15O4S/c1-9(14-2)11(15-16(3,12)13)10-7-5-4-6-8-10/h4-8,11H,1-3H3. The van der Waals surface area contributed by atoms with Crippen LogP contribution in [0.4, 0.5) is 0 Å². The summed E-state index contributed by atoms with van der Waals surface area (Å²) in [5, 5.41) is 0. The Labute approximate surface area is 96.3 Å². The normalized spacial score (nSPS) is 14.0. The average Bonchev–Trinajstić information content (AvgIpc) is 2.25. The van der Waals surface area contributed by atoms with Gasteiger partial charge in [0.1, 0.15) is 12.2 Å². The molecule has 0 bridgehead atoms. The second kappa shape index (κ2) is 5.43. The minimum atomic E-state index is -3.53. The maximum Gasteiger partial charge on any atom is 0.265 e. The first-order valence-electron chi connectivity index (χ1n) is 4.74. The fourth-order valence-corrected chi connectivity index (χ4v) is 1.86. The molecule has 1 radical (unpaired) electrons. The maximum absolute atomic E-state index is 11.1. The average molecular weight is 243 g/mol. The van der Waals surface area contributed by atoms with Gasteiger partial charge in [-0.05, 0) is 12.5 Å². The Kier molecular flexibility index (Phi) is 4.46. The summed E-state index contributed by atoms with van der Waals surface area (Å²) >= 11 is 0. The Bertz CT molecular complexity index is 413. The molecule has 0 spiro atoms. The molecule has 0 saturated carbocycles. The Balaban J connectivity index is 2.97. The molecule has 0 N–H and O–H groups in total. The van der Waals surface area contributed by atoms with E-state index in [1.165, 1.54) is 7.11 Å². The fourth-order valence-electron chi connectivity index (χ4n) is 1.27. The van der Waals surface area contributed by atoms with Crippen LogP contribution >= 0.6 is 0 Å². The van der Waals surface area contributed by atoms with E-state index in [4.69, 9.17) is 8.92 Å². The van der Waals surface area contributed by atoms with Crippen molar-refractivity contribution in [3.8, 4) is 0 Å². The molecular weight excluding hydrogens is 228 g/mol. The van der Waals surface area contributed by atoms with Crippen molar-refractivity contribution in [3.63, 3.8) is 0 Å². The lowest BCUT2D eigenvalue weighted by molar-refractivity contribution is 0.0963. The van der Waals surface area contributed by atoms with Crippen LogP contribution in [0.2, 0.25) is 0 Å². The largest absolute Gasteiger partial charge is 0.372 e. The number of hydrogen-bond acceptors (Lipinski definition) is 4. The first-order valence-corrected chi connectivity index (χ1v) is 6.56. The summed E-state index contributed by atoms with van der Waals surface area (Å²) in [5.41, 5.74) is 0.743. The van der Waals surface area contributed by atoms with Gasteiger partial charge < -0.3 is 4.74 Å². The zero-order valence-corrected chi connectivity index (χ0v) is 10.3. The summed E-state index contributed by atoms with van der Waals surface area (Å²) in [6.45, 7) is 1.68. The zero-order valence-electron chi connectivity index (χ0n) is 9.51. The molecule has 89 valence electrons. The molecule has 0 heterocycles. The number of methoxy groups -OCH3 is 1. The van der Waals surface area contributed by atoms with Gasteiger partial charge >= 0.3 is 0 Å². The molecule has 0 fully saturated rings. The highest BCUT2D eigenvalue weighted by Crippen LogP contribution is 2.29. The van der Waals surface area contributed by atoms with Crippen molar-refractivity contribution in [1.82, 2.24) is 0 Å². The molecule has 1 aromatic carbocycles. The molecule has 0 aliphatic carbocycles. The van der Waals surface area contributed by atoms with Crippen LogP contribution < -0.4 is 0 Å². The van der Waals surface area contributed by atoms with Crippen LogP contribution in [0.25, 0.3) is 0 Å². The molecule has 5 heteroatoms. The van der Waals surface area contributed by atoms with E-state index in [-0.39, 0.29) is 0 Å². The first kappa shape index (κ1) is 13.2. The Morgan fingerprint density at radius 2 is 1.81 bits per heavy atom. The molecular formula is C11H15O4S. The van der Waals surface area contributed by atoms with Crippen LogP contribution in [0.3, 0.4) is 0 Å². The van der Waals surface area contributed by atoms with Crippen molar-refractivity contribution in [2.45, 2.75) is 13.0 Å². The summed E-state index contributed by atoms with van der Waals surface area (Å²) in [6.07, 6.45) is 0.823. The van der Waals surface area contributed by atoms with Crippen molar-refractivity contribution in [2.75, 3.05) is 13.4 Å². The van der Waals surface area contributed by atoms with Gasteiger partial charge in [0.05, 0.1) is 6.26 Å². The molecule has 0 aliphatic rings. The highest BCUT2D eigenvalue weighted by Gasteiger charge is 2.24. The molecule has 1 atom stereocenters. The van der Waals surface area contributed by atoms with Gasteiger partial charge in [-0.1, -0.05) is 30.3 Å². The maximum atomic E-state index is 11.1. The fraction of sp³-hybridized carbons (Fsp3) is 0.364. The Hall–Kier alpha value is -0.910. The van der Waals surface area contributed by atoms with E-state index in [9.17, 15) is 8.42 Å². The van der Waals surface area contributed by atoms with Gasteiger partial charge in [0.2, 0.25) is 0 Å². The zero-order chi connectivity index (χ0) is 12.2. The molecule has 0 aliphatic heterocycles. The monoisotopic (exact) mass is 243 g/mol. The first-order chi connectivity index (χ1) is 7.44. The summed E-state index contributed by atoms with van der Waals surface area (Å²) in [6, 6.07) is 9.06. The van der Waals surface area contributed by atoms with Crippen LogP contribution in [-0.4, -0.2) is 21.8 Å². The molecule has 4 nitrogen and oxygen atoms in total. The van der Waals surface area contributed by atoms with E-state index in [0.29, 0.717) is 6.10 Å². The second-order valence-corrected chi connectivity index (χ2v) is 5.01. The van der Waals surface area contributed by atoms with Crippen molar-refractivity contribution in [1.29, 1.82) is 0 Å². The Morgan fingerprint density at radius 3 is 2.25 bits per heavy atom. The van der Waals surface area contributed by atoms with Crippen LogP contribution in [-0.2, 0) is 19.0 Å². The lowest BCUT2D eigenvalue weighted by atomic mass is 10.1. The van der Waals surface area contributed by atoms with Crippen molar-refractivity contribution in [2.24, 2.45) is 0 Å². The van der Waals surface area contributed by atoms with E-state index in [1.807, 2.05) is 18.2 Å². The molecule has 0 aromatic heterocycles. The van der Waals surface area contributed by atoms with E-state index in [1.54, 1.807) is 19.1 Å². The van der Waals surface area contributed by atoms with Crippen molar-refractivity contribution in [3.05, 3.63) is 42.0 Å². The topological polar surface area (TPSA) is 52.6 Å². The van der Waals surface area contributed by atoms with Gasteiger partial charge in [0.25, 0.3) is 10.1 Å². The third-order valence-electron chi connectivity index (χ3n) is 2.06. The Morgan fingerprint density at radius 1 is 1.25 bits per heavy atom. The van der Waals surface area contributed by atoms with Crippen LogP contribution in [0.5, 0.6) is 0 Å². The summed E-state index contributed by atoms with van der Waals surface area (Å²) in [5.74, 6) is 0. The molecule has 0 amide bonds. The number of hydrogen-bond donors (Lipinski definition) is 0. The minimum Gasteiger partial charge on any atom is -0.372 e. The van der Waals surface area contributed by atoms with Gasteiger partial charge in [0, 0.05) is 7.11 Å². The molecule has 1 aromatic rings. The van der Waals surface area contributed by atoms with E-state index < -0.39 is 16.2 Å². The smallest absolute Gasteiger partial charge is 0.265 e. The molecule has 16 heavy (non-hydrogen) atoms. The molecule has 0 saturated heterocycles. The van der Waals surface area contributed by atoms with E-state index >= 15 is 0 Å². The van der Waals surface area contributed by atoms with Crippen molar-refractivity contribution < 1.29 is 17.3 Å². The van der Waals surface area contributed by atoms with Crippen LogP contribution in [0, 0.1) is 6.10 Å². The predicted molar refractivity (Wildman–Crippen MR) is 61.0 cm³/mol. The van der Waals surface area contributed by atoms with Gasteiger partial charge in [-0.25, -0.2) is 0 Å². The lowest BCUT2D eigenvalue weighted by Gasteiger charge is -2.21. The second-order valence-electron chi connectivity index (χ2n) is 3.41. The highest BCUT2D eigenvalue weighted by molar-refractivity contribution is 7.86. The number of rotatable bonds is 5. The van der Waals surface area contributed by atoms with Gasteiger partial charge in [-0.2, -0.15) is 8.42 Å². The number of ether oxygens (including phenoxy) is 1. The minimum absolute atomic E-state index is 0.497. The van der Waals surface area contributed by atoms with E-state index in [2.05, 4.69) is 0 Å². The van der Waals surface area contributed by atoms with Gasteiger partial charge in [-0.15, -0.1) is 0 Å². The summed E-state index contributed by atoms with van der Waals surface area (Å²) in [4.78, 5) is 0. The van der Waals surface area contributed by atoms with Crippen LogP contribution in [0.15, 0.2) is 30.3 Å². The number of benzene rings is 1. The summed E-state index contributed by atoms with van der Waals surface area (Å²) in [7, 11) is -2.04. The third-order valence-corrected chi connectivity index (χ3v) is 2.61. The highest BCUT2D eigenvalue weighted by atomic mass is 32.2. The quantitative estimate of drug-likeness (QED) is 0.741. The molecule has 1 unspecified atom stereocenters. The SMILES string of the molecule is CO[C](C)C(OS(C)(=O)=O)c1ccccc1. The van der Waals surface area contributed by atoms with Gasteiger partial charge in [0.15, 0.2) is 0 Å². The lowest BCUT2D eigenvalue weighted by Crippen LogP contribution is -2.17. The predicted octanol–water partition coefficient (Wildman–Crippen LogP) is 1.90. The van der Waals surface area contributed by atoms with Crippen molar-refractivity contribution >= 4 is 10.1 Å². The van der Waals surface area contributed by atoms with E-state index in [0.717, 1.165) is 11.8 Å². The third kappa shape index (κ3) is 3.92. The van der Waals surface area contributed by atoms with Gasteiger partial charge in [-0.3, -0.25) is 4.18 Å². The van der Waals surface area contributed by atoms with Crippen LogP contribution in [0.1, 0.15) is 18.6 Å². The summed E-state index contributed by atoms with van der Waals surface area (Å²) < 4.78 is 32.3. The molecule has 1 rings (SSSR count).